The highest BCUT2D eigenvalue weighted by molar-refractivity contribution is 6.27. The molecular formula is C39H25N. The van der Waals surface area contributed by atoms with Crippen molar-refractivity contribution in [3.8, 4) is 33.4 Å². The highest BCUT2D eigenvalue weighted by Crippen LogP contribution is 2.46. The van der Waals surface area contributed by atoms with E-state index in [-0.39, 0.29) is 0 Å². The van der Waals surface area contributed by atoms with Crippen LogP contribution in [-0.4, -0.2) is 4.98 Å². The van der Waals surface area contributed by atoms with E-state index in [1.54, 1.807) is 0 Å². The number of nitrogens with zero attached hydrogens (tertiary/aromatic N) is 1. The fourth-order valence-corrected chi connectivity index (χ4v) is 6.22. The standard InChI is InChI=1S/C39H25N/c1-3-11-27(12-4-1)36-34-22-19-29-16-9-23-40-39(29)38(34)37(28-13-5-2-6-14-28)33-21-20-32(25-35(33)36)31-18-17-26-10-7-8-15-30(26)24-31/h1-25H. The fourth-order valence-electron chi connectivity index (χ4n) is 6.22. The molecule has 0 spiro atoms. The first kappa shape index (κ1) is 22.7. The van der Waals surface area contributed by atoms with E-state index in [2.05, 4.69) is 140 Å². The molecule has 0 aliphatic rings. The fraction of sp³-hybridized carbons (Fsp3) is 0. The van der Waals surface area contributed by atoms with Crippen molar-refractivity contribution in [2.75, 3.05) is 0 Å². The van der Waals surface area contributed by atoms with Gasteiger partial charge in [0, 0.05) is 17.0 Å². The number of rotatable bonds is 3. The summed E-state index contributed by atoms with van der Waals surface area (Å²) in [4.78, 5) is 4.93. The maximum absolute atomic E-state index is 4.93. The summed E-state index contributed by atoms with van der Waals surface area (Å²) in [6.45, 7) is 0. The monoisotopic (exact) mass is 507 g/mol. The van der Waals surface area contributed by atoms with Crippen molar-refractivity contribution in [3.05, 3.63) is 152 Å². The van der Waals surface area contributed by atoms with Crippen LogP contribution in [0.1, 0.15) is 0 Å². The van der Waals surface area contributed by atoms with Crippen LogP contribution in [0.2, 0.25) is 0 Å². The molecule has 1 nitrogen and oxygen atoms in total. The van der Waals surface area contributed by atoms with Crippen molar-refractivity contribution in [3.63, 3.8) is 0 Å². The molecule has 0 aliphatic heterocycles. The Morgan fingerprint density at radius 1 is 0.350 bits per heavy atom. The van der Waals surface area contributed by atoms with Gasteiger partial charge in [-0.2, -0.15) is 0 Å². The Bertz CT molecular complexity index is 2200. The SMILES string of the molecule is c1ccc(-c2c3cc(-c4ccc5ccccc5c4)ccc3c(-c3ccccc3)c3c2ccc2cccnc23)cc1. The Kier molecular flexibility index (Phi) is 5.21. The van der Waals surface area contributed by atoms with Gasteiger partial charge < -0.3 is 0 Å². The van der Waals surface area contributed by atoms with E-state index in [9.17, 15) is 0 Å². The number of hydrogen-bond acceptors (Lipinski definition) is 1. The predicted molar refractivity (Wildman–Crippen MR) is 171 cm³/mol. The van der Waals surface area contributed by atoms with E-state index >= 15 is 0 Å². The second-order valence-electron chi connectivity index (χ2n) is 10.4. The van der Waals surface area contributed by atoms with Crippen LogP contribution in [0.25, 0.3) is 76.6 Å². The lowest BCUT2D eigenvalue weighted by atomic mass is 9.84. The van der Waals surface area contributed by atoms with Gasteiger partial charge in [0.1, 0.15) is 0 Å². The van der Waals surface area contributed by atoms with Gasteiger partial charge in [-0.15, -0.1) is 0 Å². The maximum Gasteiger partial charge on any atom is 0.0786 e. The van der Waals surface area contributed by atoms with Crippen LogP contribution in [0, 0.1) is 0 Å². The molecule has 8 aromatic rings. The average Bonchev–Trinajstić information content (AvgIpc) is 3.03. The van der Waals surface area contributed by atoms with E-state index in [1.807, 2.05) is 12.3 Å². The zero-order valence-electron chi connectivity index (χ0n) is 21.9. The normalized spacial score (nSPS) is 11.5. The Balaban J connectivity index is 1.55. The summed E-state index contributed by atoms with van der Waals surface area (Å²) in [5.74, 6) is 0. The summed E-state index contributed by atoms with van der Waals surface area (Å²) in [6, 6.07) is 52.5. The van der Waals surface area contributed by atoms with E-state index in [1.165, 1.54) is 65.7 Å². The number of hydrogen-bond donors (Lipinski definition) is 0. The van der Waals surface area contributed by atoms with Crippen LogP contribution in [0.4, 0.5) is 0 Å². The Morgan fingerprint density at radius 2 is 0.950 bits per heavy atom. The molecule has 1 aromatic heterocycles. The number of pyridine rings is 1. The molecule has 0 fully saturated rings. The minimum absolute atomic E-state index is 1.04. The van der Waals surface area contributed by atoms with Gasteiger partial charge in [0.25, 0.3) is 0 Å². The van der Waals surface area contributed by atoms with Gasteiger partial charge in [-0.05, 0) is 78.5 Å². The minimum Gasteiger partial charge on any atom is -0.256 e. The quantitative estimate of drug-likeness (QED) is 0.171. The molecule has 1 heteroatoms. The van der Waals surface area contributed by atoms with Gasteiger partial charge >= 0.3 is 0 Å². The second-order valence-corrected chi connectivity index (χ2v) is 10.4. The zero-order valence-corrected chi connectivity index (χ0v) is 21.9. The third-order valence-corrected chi connectivity index (χ3v) is 8.06. The van der Waals surface area contributed by atoms with Gasteiger partial charge in [-0.1, -0.05) is 127 Å². The highest BCUT2D eigenvalue weighted by Gasteiger charge is 2.19. The Labute approximate surface area is 233 Å². The molecule has 186 valence electrons. The van der Waals surface area contributed by atoms with Crippen molar-refractivity contribution < 1.29 is 0 Å². The lowest BCUT2D eigenvalue weighted by molar-refractivity contribution is 1.43. The van der Waals surface area contributed by atoms with Gasteiger partial charge in [0.05, 0.1) is 5.52 Å². The van der Waals surface area contributed by atoms with Crippen molar-refractivity contribution in [2.45, 2.75) is 0 Å². The zero-order chi connectivity index (χ0) is 26.5. The van der Waals surface area contributed by atoms with Crippen LogP contribution < -0.4 is 0 Å². The first-order valence-corrected chi connectivity index (χ1v) is 13.7. The summed E-state index contributed by atoms with van der Waals surface area (Å²) in [5.41, 5.74) is 8.38. The third-order valence-electron chi connectivity index (χ3n) is 8.06. The first-order chi connectivity index (χ1) is 19.8. The molecule has 0 saturated carbocycles. The topological polar surface area (TPSA) is 12.9 Å². The van der Waals surface area contributed by atoms with E-state index in [0.29, 0.717) is 0 Å². The molecule has 0 bridgehead atoms. The van der Waals surface area contributed by atoms with Crippen molar-refractivity contribution in [2.24, 2.45) is 0 Å². The molecule has 0 atom stereocenters. The second kappa shape index (κ2) is 9.18. The summed E-state index contributed by atoms with van der Waals surface area (Å²) >= 11 is 0. The van der Waals surface area contributed by atoms with Gasteiger partial charge in [-0.25, -0.2) is 0 Å². The summed E-state index contributed by atoms with van der Waals surface area (Å²) < 4.78 is 0. The molecule has 0 aliphatic carbocycles. The molecule has 0 radical (unpaired) electrons. The van der Waals surface area contributed by atoms with Crippen LogP contribution >= 0.6 is 0 Å². The lowest BCUT2D eigenvalue weighted by Crippen LogP contribution is -1.93. The summed E-state index contributed by atoms with van der Waals surface area (Å²) in [6.07, 6.45) is 1.91. The molecule has 1 heterocycles. The highest BCUT2D eigenvalue weighted by atomic mass is 14.6. The molecule has 0 unspecified atom stereocenters. The number of benzene rings is 7. The Hall–Kier alpha value is -5.27. The van der Waals surface area contributed by atoms with Gasteiger partial charge in [0.2, 0.25) is 0 Å². The van der Waals surface area contributed by atoms with Crippen LogP contribution in [0.5, 0.6) is 0 Å². The molecule has 0 amide bonds. The van der Waals surface area contributed by atoms with Crippen LogP contribution in [0.3, 0.4) is 0 Å². The molecule has 0 saturated heterocycles. The maximum atomic E-state index is 4.93. The molecule has 8 rings (SSSR count). The van der Waals surface area contributed by atoms with Crippen LogP contribution in [-0.2, 0) is 0 Å². The largest absolute Gasteiger partial charge is 0.256 e. The van der Waals surface area contributed by atoms with E-state index in [4.69, 9.17) is 4.98 Å². The van der Waals surface area contributed by atoms with E-state index in [0.717, 1.165) is 10.9 Å². The minimum atomic E-state index is 1.04. The Morgan fingerprint density at radius 3 is 1.75 bits per heavy atom. The van der Waals surface area contributed by atoms with Crippen LogP contribution in [0.15, 0.2) is 152 Å². The summed E-state index contributed by atoms with van der Waals surface area (Å²) in [7, 11) is 0. The van der Waals surface area contributed by atoms with Crippen molar-refractivity contribution in [1.29, 1.82) is 0 Å². The molecule has 0 N–H and O–H groups in total. The van der Waals surface area contributed by atoms with E-state index < -0.39 is 0 Å². The molecule has 7 aromatic carbocycles. The molecular weight excluding hydrogens is 482 g/mol. The number of fused-ring (bicyclic) bond motifs is 5. The molecule has 40 heavy (non-hydrogen) atoms. The van der Waals surface area contributed by atoms with Gasteiger partial charge in [-0.3, -0.25) is 4.98 Å². The predicted octanol–water partition coefficient (Wildman–Crippen LogP) is 10.7. The first-order valence-electron chi connectivity index (χ1n) is 13.7. The average molecular weight is 508 g/mol. The van der Waals surface area contributed by atoms with Crippen molar-refractivity contribution >= 4 is 43.2 Å². The number of aromatic nitrogens is 1. The van der Waals surface area contributed by atoms with Gasteiger partial charge in [0.15, 0.2) is 0 Å². The van der Waals surface area contributed by atoms with Crippen molar-refractivity contribution in [1.82, 2.24) is 4.98 Å². The smallest absolute Gasteiger partial charge is 0.0786 e. The summed E-state index contributed by atoms with van der Waals surface area (Å²) in [5, 5.41) is 8.57. The third kappa shape index (κ3) is 3.60. The lowest BCUT2D eigenvalue weighted by Gasteiger charge is -2.20.